The number of thiocarbonyl (C=S) groups is 1. The second kappa shape index (κ2) is 8.69. The predicted molar refractivity (Wildman–Crippen MR) is 108 cm³/mol. The van der Waals surface area contributed by atoms with Crippen LogP contribution in [0.5, 0.6) is 0 Å². The summed E-state index contributed by atoms with van der Waals surface area (Å²) in [6.07, 6.45) is 0. The SMILES string of the molecule is CCOC(=O)[C@@H]1CS[C@@H](c2cccs2)N1C(=S)NCc1ccccc1. The van der Waals surface area contributed by atoms with Crippen molar-refractivity contribution in [2.75, 3.05) is 12.4 Å². The Bertz CT molecular complexity index is 706. The highest BCUT2D eigenvalue weighted by Crippen LogP contribution is 2.43. The molecule has 1 aliphatic rings. The van der Waals surface area contributed by atoms with Crippen molar-refractivity contribution in [3.05, 3.63) is 58.3 Å². The molecule has 1 aromatic heterocycles. The van der Waals surface area contributed by atoms with Gasteiger partial charge in [0.15, 0.2) is 5.11 Å². The number of nitrogens with one attached hydrogen (secondary N) is 1. The number of carbonyl (C=O) groups excluding carboxylic acids is 1. The largest absolute Gasteiger partial charge is 0.464 e. The van der Waals surface area contributed by atoms with Gasteiger partial charge in [0, 0.05) is 17.2 Å². The van der Waals surface area contributed by atoms with Gasteiger partial charge in [-0.1, -0.05) is 36.4 Å². The third-order valence-corrected chi connectivity index (χ3v) is 6.60. The lowest BCUT2D eigenvalue weighted by molar-refractivity contribution is -0.147. The Balaban J connectivity index is 1.75. The van der Waals surface area contributed by atoms with Crippen molar-refractivity contribution in [2.24, 2.45) is 0 Å². The Labute approximate surface area is 161 Å². The van der Waals surface area contributed by atoms with Crippen molar-refractivity contribution in [3.63, 3.8) is 0 Å². The van der Waals surface area contributed by atoms with Gasteiger partial charge in [-0.15, -0.1) is 23.1 Å². The van der Waals surface area contributed by atoms with Crippen molar-refractivity contribution in [2.45, 2.75) is 24.9 Å². The first-order chi connectivity index (χ1) is 12.2. The molecule has 1 aliphatic heterocycles. The molecule has 0 saturated carbocycles. The molecule has 1 N–H and O–H groups in total. The van der Waals surface area contributed by atoms with Gasteiger partial charge in [-0.25, -0.2) is 4.79 Å². The Morgan fingerprint density at radius 3 is 2.80 bits per heavy atom. The highest BCUT2D eigenvalue weighted by molar-refractivity contribution is 8.00. The molecule has 1 aromatic carbocycles. The summed E-state index contributed by atoms with van der Waals surface area (Å²) in [5.41, 5.74) is 1.15. The van der Waals surface area contributed by atoms with Crippen LogP contribution in [0.3, 0.4) is 0 Å². The third-order valence-electron chi connectivity index (χ3n) is 3.87. The van der Waals surface area contributed by atoms with Gasteiger partial charge < -0.3 is 15.0 Å². The van der Waals surface area contributed by atoms with Gasteiger partial charge in [0.2, 0.25) is 0 Å². The number of hydrogen-bond donors (Lipinski definition) is 1. The zero-order chi connectivity index (χ0) is 17.6. The Morgan fingerprint density at radius 1 is 1.32 bits per heavy atom. The fourth-order valence-electron chi connectivity index (χ4n) is 2.69. The normalized spacial score (nSPS) is 19.6. The molecule has 2 atom stereocenters. The Kier molecular flexibility index (Phi) is 6.34. The van der Waals surface area contributed by atoms with Gasteiger partial charge in [-0.05, 0) is 36.2 Å². The summed E-state index contributed by atoms with van der Waals surface area (Å²) in [5.74, 6) is 0.465. The first-order valence-corrected chi connectivity index (χ1v) is 10.5. The van der Waals surface area contributed by atoms with Crippen LogP contribution in [-0.2, 0) is 16.1 Å². The first kappa shape index (κ1) is 18.2. The number of carbonyl (C=O) groups is 1. The van der Waals surface area contributed by atoms with Crippen LogP contribution in [0.2, 0.25) is 0 Å². The molecule has 0 aliphatic carbocycles. The van der Waals surface area contributed by atoms with Crippen molar-refractivity contribution in [1.82, 2.24) is 10.2 Å². The maximum Gasteiger partial charge on any atom is 0.329 e. The smallest absolute Gasteiger partial charge is 0.329 e. The molecule has 1 saturated heterocycles. The molecule has 132 valence electrons. The van der Waals surface area contributed by atoms with Crippen LogP contribution in [-0.4, -0.2) is 34.4 Å². The molecule has 2 heterocycles. The van der Waals surface area contributed by atoms with E-state index in [1.807, 2.05) is 53.6 Å². The molecular formula is C18H20N2O2S3. The van der Waals surface area contributed by atoms with E-state index in [2.05, 4.69) is 11.4 Å². The summed E-state index contributed by atoms with van der Waals surface area (Å²) < 4.78 is 5.26. The van der Waals surface area contributed by atoms with E-state index in [9.17, 15) is 4.79 Å². The molecule has 0 unspecified atom stereocenters. The van der Waals surface area contributed by atoms with Crippen LogP contribution in [0.15, 0.2) is 47.8 Å². The van der Waals surface area contributed by atoms with E-state index in [4.69, 9.17) is 17.0 Å². The molecule has 2 aromatic rings. The van der Waals surface area contributed by atoms with Gasteiger partial charge in [-0.2, -0.15) is 0 Å². The average molecular weight is 393 g/mol. The fourth-order valence-corrected chi connectivity index (χ4v) is 5.45. The topological polar surface area (TPSA) is 41.6 Å². The van der Waals surface area contributed by atoms with Crippen molar-refractivity contribution in [3.8, 4) is 0 Å². The van der Waals surface area contributed by atoms with Gasteiger partial charge in [0.25, 0.3) is 0 Å². The highest BCUT2D eigenvalue weighted by Gasteiger charge is 2.42. The second-order valence-electron chi connectivity index (χ2n) is 5.52. The Hall–Kier alpha value is -1.57. The van der Waals surface area contributed by atoms with Gasteiger partial charge >= 0.3 is 5.97 Å². The minimum atomic E-state index is -0.354. The average Bonchev–Trinajstić information content (AvgIpc) is 3.29. The minimum absolute atomic E-state index is 0.0465. The summed E-state index contributed by atoms with van der Waals surface area (Å²) >= 11 is 9.05. The van der Waals surface area contributed by atoms with Gasteiger partial charge in [0.05, 0.1) is 6.61 Å². The molecule has 1 fully saturated rings. The van der Waals surface area contributed by atoms with E-state index in [0.29, 0.717) is 24.0 Å². The van der Waals surface area contributed by atoms with Crippen molar-refractivity contribution >= 4 is 46.4 Å². The number of rotatable bonds is 5. The van der Waals surface area contributed by atoms with Gasteiger partial charge in [0.1, 0.15) is 11.4 Å². The van der Waals surface area contributed by atoms with Crippen molar-refractivity contribution in [1.29, 1.82) is 0 Å². The molecule has 3 rings (SSSR count). The number of ether oxygens (including phenoxy) is 1. The first-order valence-electron chi connectivity index (χ1n) is 8.12. The number of thioether (sulfide) groups is 1. The van der Waals surface area contributed by atoms with Crippen LogP contribution in [0.1, 0.15) is 22.7 Å². The summed E-state index contributed by atoms with van der Waals surface area (Å²) in [4.78, 5) is 15.6. The summed E-state index contributed by atoms with van der Waals surface area (Å²) in [5, 5.41) is 5.98. The molecule has 4 nitrogen and oxygen atoms in total. The lowest BCUT2D eigenvalue weighted by Crippen LogP contribution is -2.48. The van der Waals surface area contributed by atoms with Crippen molar-refractivity contribution < 1.29 is 9.53 Å². The van der Waals surface area contributed by atoms with E-state index in [-0.39, 0.29) is 17.4 Å². The van der Waals surface area contributed by atoms with E-state index in [0.717, 1.165) is 5.56 Å². The number of hydrogen-bond acceptors (Lipinski definition) is 5. The van der Waals surface area contributed by atoms with E-state index in [1.54, 1.807) is 23.1 Å². The van der Waals surface area contributed by atoms with Crippen LogP contribution >= 0.6 is 35.3 Å². The molecule has 0 bridgehead atoms. The zero-order valence-corrected chi connectivity index (χ0v) is 16.3. The van der Waals surface area contributed by atoms with Crippen LogP contribution in [0.25, 0.3) is 0 Å². The predicted octanol–water partition coefficient (Wildman–Crippen LogP) is 3.80. The lowest BCUT2D eigenvalue weighted by Gasteiger charge is -2.30. The van der Waals surface area contributed by atoms with E-state index >= 15 is 0 Å². The summed E-state index contributed by atoms with van der Waals surface area (Å²) in [6.45, 7) is 2.84. The third kappa shape index (κ3) is 4.34. The molecule has 0 amide bonds. The lowest BCUT2D eigenvalue weighted by atomic mass is 10.2. The monoisotopic (exact) mass is 392 g/mol. The zero-order valence-electron chi connectivity index (χ0n) is 13.9. The van der Waals surface area contributed by atoms with Crippen LogP contribution in [0, 0.1) is 0 Å². The van der Waals surface area contributed by atoms with Crippen LogP contribution < -0.4 is 5.32 Å². The van der Waals surface area contributed by atoms with E-state index < -0.39 is 0 Å². The minimum Gasteiger partial charge on any atom is -0.464 e. The quantitative estimate of drug-likeness (QED) is 0.617. The number of nitrogens with zero attached hydrogens (tertiary/aromatic N) is 1. The molecule has 0 radical (unpaired) electrons. The molecular weight excluding hydrogens is 372 g/mol. The molecule has 25 heavy (non-hydrogen) atoms. The second-order valence-corrected chi connectivity index (χ2v) is 8.00. The number of esters is 1. The fraction of sp³-hybridized carbons (Fsp3) is 0.333. The summed E-state index contributed by atoms with van der Waals surface area (Å²) in [7, 11) is 0. The Morgan fingerprint density at radius 2 is 2.12 bits per heavy atom. The van der Waals surface area contributed by atoms with Gasteiger partial charge in [-0.3, -0.25) is 0 Å². The number of benzene rings is 1. The summed E-state index contributed by atoms with van der Waals surface area (Å²) in [6, 6.07) is 13.8. The molecule has 0 spiro atoms. The number of thiophene rings is 1. The van der Waals surface area contributed by atoms with Crippen LogP contribution in [0.4, 0.5) is 0 Å². The van der Waals surface area contributed by atoms with E-state index in [1.165, 1.54) is 4.88 Å². The highest BCUT2D eigenvalue weighted by atomic mass is 32.2. The standard InChI is InChI=1S/C18H20N2O2S3/c1-2-22-17(21)14-12-25-16(15-9-6-10-24-15)20(14)18(23)19-11-13-7-4-3-5-8-13/h3-10,14,16H,2,11-12H2,1H3,(H,19,23)/t14-,16-/m0/s1. The maximum atomic E-state index is 12.4. The maximum absolute atomic E-state index is 12.4. The molecule has 7 heteroatoms.